The number of H-pyrrole nitrogens is 4. The average molecular weight is 1830 g/mol. The molecule has 704 valence electrons. The normalized spacial score (nSPS) is 22.5. The van der Waals surface area contributed by atoms with Crippen LogP contribution in [0.3, 0.4) is 0 Å². The van der Waals surface area contributed by atoms with Crippen molar-refractivity contribution >= 4 is 117 Å². The largest absolute Gasteiger partial charge is 0.481 e. The number of aromatic nitrogens is 17. The molecule has 9 fully saturated rings. The molecule has 4 saturated carbocycles. The molecule has 5 saturated heterocycles. The maximum absolute atomic E-state index is 5.53. The molecule has 5 aliphatic heterocycles. The van der Waals surface area contributed by atoms with E-state index < -0.39 is 0 Å². The van der Waals surface area contributed by atoms with Crippen LogP contribution in [-0.4, -0.2) is 305 Å². The minimum Gasteiger partial charge on any atom is -0.481 e. The van der Waals surface area contributed by atoms with Crippen molar-refractivity contribution in [2.24, 2.45) is 0 Å². The zero-order valence-electron chi connectivity index (χ0n) is 77.4. The number of nitrogens with zero attached hydrogens (tertiary/aromatic N) is 18. The number of hydrogen-bond donors (Lipinski definition) is 8. The number of benzene rings is 3. The lowest BCUT2D eigenvalue weighted by molar-refractivity contribution is 0.00788. The highest BCUT2D eigenvalue weighted by Gasteiger charge is 2.34. The van der Waals surface area contributed by atoms with Crippen LogP contribution < -0.4 is 40.4 Å². The van der Waals surface area contributed by atoms with Crippen LogP contribution in [0.5, 0.6) is 17.6 Å². The molecule has 12 aromatic heterocycles. The molecule has 8 N–H and O–H groups in total. The fourth-order valence-electron chi connectivity index (χ4n) is 21.7. The van der Waals surface area contributed by atoms with Gasteiger partial charge in [-0.25, -0.2) is 64.8 Å². The first-order chi connectivity index (χ1) is 66.7. The number of methoxy groups -OCH3 is 2. The van der Waals surface area contributed by atoms with Gasteiger partial charge in [-0.3, -0.25) is 19.6 Å². The third kappa shape index (κ3) is 20.2. The molecule has 135 heavy (non-hydrogen) atoms. The summed E-state index contributed by atoms with van der Waals surface area (Å²) in [5, 5.41) is 22.4. The molecule has 34 nitrogen and oxygen atoms in total. The van der Waals surface area contributed by atoms with Crippen molar-refractivity contribution < 1.29 is 37.9 Å². The quantitative estimate of drug-likeness (QED) is 0.0351. The second kappa shape index (κ2) is 41.9. The number of morpholine rings is 5. The number of hydrogen-bond acceptors (Lipinski definition) is 30. The Morgan fingerprint density at radius 1 is 0.341 bits per heavy atom. The monoisotopic (exact) mass is 1830 g/mol. The number of rotatable bonds is 20. The highest BCUT2D eigenvalue weighted by molar-refractivity contribution is 6.15. The Balaban J connectivity index is 0.000000108. The van der Waals surface area contributed by atoms with Crippen LogP contribution in [0.4, 0.5) is 29.2 Å². The second-order valence-corrected chi connectivity index (χ2v) is 36.8. The number of aromatic amines is 4. The summed E-state index contributed by atoms with van der Waals surface area (Å²) in [5.41, 5.74) is 14.6. The third-order valence-electron chi connectivity index (χ3n) is 28.9. The summed E-state index contributed by atoms with van der Waals surface area (Å²) in [7, 11) is 3.29. The summed E-state index contributed by atoms with van der Waals surface area (Å²) in [4.78, 5) is 85.5. The van der Waals surface area contributed by atoms with E-state index >= 15 is 0 Å². The summed E-state index contributed by atoms with van der Waals surface area (Å²) in [6, 6.07) is 35.5. The minimum absolute atomic E-state index is 0.413. The predicted molar refractivity (Wildman–Crippen MR) is 526 cm³/mol. The molecule has 0 radical (unpaired) electrons. The third-order valence-corrected chi connectivity index (χ3v) is 28.9. The van der Waals surface area contributed by atoms with E-state index in [1.807, 2.05) is 49.6 Å². The Bertz CT molecular complexity index is 6490. The molecule has 0 amide bonds. The van der Waals surface area contributed by atoms with E-state index in [0.29, 0.717) is 85.8 Å². The van der Waals surface area contributed by atoms with Gasteiger partial charge in [0.2, 0.25) is 23.6 Å². The van der Waals surface area contributed by atoms with Gasteiger partial charge in [-0.15, -0.1) is 0 Å². The number of anilines is 5. The van der Waals surface area contributed by atoms with Crippen LogP contribution in [-0.2, 0) is 23.7 Å². The lowest BCUT2D eigenvalue weighted by atomic mass is 9.90. The summed E-state index contributed by atoms with van der Waals surface area (Å²) >= 11 is 0. The zero-order chi connectivity index (χ0) is 90.8. The zero-order valence-corrected chi connectivity index (χ0v) is 77.4. The van der Waals surface area contributed by atoms with Gasteiger partial charge in [0, 0.05) is 188 Å². The SMILES string of the molecule is CCOc1ccc(-c2ccc3[nH]c4ncnc(NC5CCC(N6CCOCC6)CC5)c4c3c2)cn1.COc1cc(-c2ccc3[nH]c4ncnc(NC5CCC(N6CCOCC6)CC5)c4c3c2)ccn1.COc1ncccc1-c1ccc2[nH]c3ncnc(NC4CCC(N5CCOCC5)CC4)c3c2c1.c1nc(NC2CCC(N3CCOCC3)CC2)c2c(n1)[nH]c1cnc(N3CCOCC3)nc12. The molecule has 3 aromatic carbocycles. The van der Waals surface area contributed by atoms with Gasteiger partial charge in [0.05, 0.1) is 120 Å². The fourth-order valence-corrected chi connectivity index (χ4v) is 21.7. The van der Waals surface area contributed by atoms with Crippen molar-refractivity contribution in [3.63, 3.8) is 0 Å². The number of nitrogens with one attached hydrogen (secondary N) is 8. The Hall–Kier alpha value is -12.2. The van der Waals surface area contributed by atoms with Crippen molar-refractivity contribution in [3.05, 3.63) is 141 Å². The van der Waals surface area contributed by atoms with Gasteiger partial charge in [-0.1, -0.05) is 18.2 Å². The Kier molecular flexibility index (Phi) is 27.7. The lowest BCUT2D eigenvalue weighted by Crippen LogP contribution is -2.46. The van der Waals surface area contributed by atoms with Crippen molar-refractivity contribution in [1.82, 2.24) is 104 Å². The van der Waals surface area contributed by atoms with Crippen LogP contribution >= 0.6 is 0 Å². The van der Waals surface area contributed by atoms with Crippen LogP contribution in [0.1, 0.15) is 110 Å². The Morgan fingerprint density at radius 3 is 1.14 bits per heavy atom. The standard InChI is InChI=1S/C27H32N6O2.2C26H30N6O2.C22H30N8O2/c1-2-35-24-10-4-19(16-28-24)18-3-9-23-22(15-18)25-26(29-17-30-27(25)32-23)31-20-5-7-21(8-6-20)33-11-13-34-14-12-33;1-33-23-15-18(8-9-27-23)17-2-7-22-21(14-17)24-25(28-16-29-26(24)31-22)30-19-3-5-20(6-4-19)32-10-12-34-13-11-32;1-33-26-20(3-2-10-27-26)17-4-9-22-21(15-17)23-24(28-16-29-25(23)31-22)30-18-5-7-19(8-6-18)32-11-13-34-14-12-32;1-3-16(29-5-9-31-10-6-29)4-2-15(1)26-20-18-19-17(27-21(18)25-14-24-20)13-23-22(28-19)30-7-11-32-12-8-30/h3-4,9-10,15-17,20-21H,2,5-8,11-14H2,1H3,(H2,29,30,31,32);2,7-9,14-16,19-20H,3-6,10-13H2,1H3,(H2,28,29,30,31);2-4,9-10,15-16,18-19H,5-8,11-14H2,1H3,(H2,28,29,30,31);13-16H,1-12H2,(H2,24,25,26,27). The van der Waals surface area contributed by atoms with Gasteiger partial charge in [-0.05, 0) is 193 Å². The smallest absolute Gasteiger partial charge is 0.226 e. The van der Waals surface area contributed by atoms with Crippen molar-refractivity contribution in [3.8, 4) is 51.0 Å². The van der Waals surface area contributed by atoms with E-state index in [2.05, 4.69) is 186 Å². The highest BCUT2D eigenvalue weighted by atomic mass is 16.5. The van der Waals surface area contributed by atoms with E-state index in [9.17, 15) is 0 Å². The second-order valence-electron chi connectivity index (χ2n) is 36.8. The predicted octanol–water partition coefficient (Wildman–Crippen LogP) is 14.9. The molecule has 4 aliphatic carbocycles. The summed E-state index contributed by atoms with van der Waals surface area (Å²) in [6.45, 7) is 21.1. The van der Waals surface area contributed by atoms with Gasteiger partial charge in [0.15, 0.2) is 0 Å². The first kappa shape index (κ1) is 89.3. The van der Waals surface area contributed by atoms with Gasteiger partial charge in [0.1, 0.15) is 76.7 Å². The topological polar surface area (TPSA) is 369 Å². The summed E-state index contributed by atoms with van der Waals surface area (Å²) < 4.78 is 43.9. The summed E-state index contributed by atoms with van der Waals surface area (Å²) in [6.07, 6.45) is 32.7. The first-order valence-electron chi connectivity index (χ1n) is 48.8. The van der Waals surface area contributed by atoms with Crippen LogP contribution in [0.25, 0.3) is 121 Å². The van der Waals surface area contributed by atoms with Crippen molar-refractivity contribution in [1.29, 1.82) is 0 Å². The molecular formula is C101H122N26O8. The van der Waals surface area contributed by atoms with Gasteiger partial charge in [0.25, 0.3) is 0 Å². The average Bonchev–Trinajstić information content (AvgIpc) is 1.61. The highest BCUT2D eigenvalue weighted by Crippen LogP contribution is 2.42. The number of fused-ring (bicyclic) bond motifs is 12. The van der Waals surface area contributed by atoms with Crippen molar-refractivity contribution in [2.75, 3.05) is 179 Å². The Labute approximate surface area is 783 Å². The maximum atomic E-state index is 5.53. The lowest BCUT2D eigenvalue weighted by Gasteiger charge is -2.39. The van der Waals surface area contributed by atoms with Gasteiger partial charge < -0.3 is 84.0 Å². The summed E-state index contributed by atoms with van der Waals surface area (Å²) in [5.74, 6) is 6.20. The van der Waals surface area contributed by atoms with Crippen LogP contribution in [0.2, 0.25) is 0 Å². The van der Waals surface area contributed by atoms with E-state index in [0.717, 1.165) is 320 Å². The van der Waals surface area contributed by atoms with Crippen LogP contribution in [0.15, 0.2) is 141 Å². The van der Waals surface area contributed by atoms with E-state index in [1.165, 1.54) is 51.4 Å². The molecule has 34 heteroatoms. The van der Waals surface area contributed by atoms with E-state index in [-0.39, 0.29) is 0 Å². The maximum Gasteiger partial charge on any atom is 0.226 e. The molecule has 0 atom stereocenters. The Morgan fingerprint density at radius 2 is 0.726 bits per heavy atom. The molecule has 9 aliphatic rings. The first-order valence-corrected chi connectivity index (χ1v) is 48.8. The van der Waals surface area contributed by atoms with Gasteiger partial charge >= 0.3 is 0 Å². The van der Waals surface area contributed by atoms with E-state index in [4.69, 9.17) is 42.9 Å². The van der Waals surface area contributed by atoms with E-state index in [1.54, 1.807) is 51.9 Å². The molecular weight excluding hydrogens is 1710 g/mol. The number of pyridine rings is 3. The molecule has 0 unspecified atom stereocenters. The van der Waals surface area contributed by atoms with Crippen LogP contribution in [0, 0.1) is 0 Å². The molecule has 24 rings (SSSR count). The van der Waals surface area contributed by atoms with Gasteiger partial charge in [-0.2, -0.15) is 0 Å². The minimum atomic E-state index is 0.413. The molecule has 0 spiro atoms. The van der Waals surface area contributed by atoms with Crippen molar-refractivity contribution in [2.45, 2.75) is 158 Å². The molecule has 15 aromatic rings. The molecule has 17 heterocycles. The molecule has 0 bridgehead atoms. The fraction of sp³-hybridized carbons (Fsp3) is 0.475. The number of ether oxygens (including phenoxy) is 8.